The fourth-order valence-electron chi connectivity index (χ4n) is 1.46. The largest absolute Gasteiger partial charge is 0.384 e. The molecule has 0 bridgehead atoms. The van der Waals surface area contributed by atoms with E-state index in [0.29, 0.717) is 11.7 Å². The quantitative estimate of drug-likeness (QED) is 0.374. The molecular formula is C7H13N5. The maximum atomic E-state index is 5.67. The highest BCUT2D eigenvalue weighted by Gasteiger charge is 2.33. The van der Waals surface area contributed by atoms with Crippen LogP contribution in [0.15, 0.2) is 6.20 Å². The third-order valence-electron chi connectivity index (χ3n) is 2.31. The maximum Gasteiger partial charge on any atom is 0.123 e. The van der Waals surface area contributed by atoms with Gasteiger partial charge in [-0.25, -0.2) is 0 Å². The number of hydrogen-bond donors (Lipinski definition) is 4. The summed E-state index contributed by atoms with van der Waals surface area (Å²) in [7, 11) is 0. The van der Waals surface area contributed by atoms with Gasteiger partial charge in [0.2, 0.25) is 0 Å². The summed E-state index contributed by atoms with van der Waals surface area (Å²) in [6.45, 7) is 0. The molecule has 12 heavy (non-hydrogen) atoms. The zero-order chi connectivity index (χ0) is 8.55. The lowest BCUT2D eigenvalue weighted by atomic mass is 10.1. The second kappa shape index (κ2) is 2.76. The molecular weight excluding hydrogens is 154 g/mol. The lowest BCUT2D eigenvalue weighted by Crippen LogP contribution is -2.29. The molecule has 1 saturated carbocycles. The topological polar surface area (TPSA) is 92.7 Å². The van der Waals surface area contributed by atoms with Gasteiger partial charge in [-0.1, -0.05) is 0 Å². The summed E-state index contributed by atoms with van der Waals surface area (Å²) in [5.41, 5.74) is 9.42. The average molecular weight is 167 g/mol. The van der Waals surface area contributed by atoms with E-state index in [-0.39, 0.29) is 6.04 Å². The standard InChI is InChI=1S/C7H13N5/c8-7-5(3-10-12-7)6(11-9)4-1-2-4/h3-4,6,11H,1-2,9H2,(H3,8,10,12). The van der Waals surface area contributed by atoms with E-state index >= 15 is 0 Å². The molecule has 2 rings (SSSR count). The molecule has 1 atom stereocenters. The SMILES string of the molecule is NNC(c1cn[nH]c1N)C1CC1. The zero-order valence-corrected chi connectivity index (χ0v) is 6.75. The van der Waals surface area contributed by atoms with Crippen LogP contribution in [0.4, 0.5) is 5.82 Å². The van der Waals surface area contributed by atoms with Crippen LogP contribution in [-0.4, -0.2) is 10.2 Å². The zero-order valence-electron chi connectivity index (χ0n) is 6.75. The van der Waals surface area contributed by atoms with E-state index in [0.717, 1.165) is 5.56 Å². The Hall–Kier alpha value is -1.07. The van der Waals surface area contributed by atoms with Gasteiger partial charge in [0.25, 0.3) is 0 Å². The highest BCUT2D eigenvalue weighted by molar-refractivity contribution is 5.40. The molecule has 0 aromatic carbocycles. The summed E-state index contributed by atoms with van der Waals surface area (Å²) in [6, 6.07) is 0.170. The van der Waals surface area contributed by atoms with Gasteiger partial charge in [-0.15, -0.1) is 0 Å². The summed E-state index contributed by atoms with van der Waals surface area (Å²) >= 11 is 0. The van der Waals surface area contributed by atoms with E-state index in [1.165, 1.54) is 12.8 Å². The second-order valence-corrected chi connectivity index (χ2v) is 3.22. The molecule has 1 aliphatic carbocycles. The molecule has 1 aromatic heterocycles. The molecule has 1 aromatic rings. The number of nitrogen functional groups attached to an aromatic ring is 1. The summed E-state index contributed by atoms with van der Waals surface area (Å²) in [4.78, 5) is 0. The van der Waals surface area contributed by atoms with Crippen LogP contribution in [0, 0.1) is 5.92 Å². The molecule has 5 nitrogen and oxygen atoms in total. The van der Waals surface area contributed by atoms with Gasteiger partial charge >= 0.3 is 0 Å². The minimum absolute atomic E-state index is 0.170. The van der Waals surface area contributed by atoms with E-state index in [9.17, 15) is 0 Å². The first-order chi connectivity index (χ1) is 5.83. The minimum atomic E-state index is 0.170. The van der Waals surface area contributed by atoms with Gasteiger partial charge in [-0.3, -0.25) is 16.4 Å². The van der Waals surface area contributed by atoms with Crippen LogP contribution in [0.25, 0.3) is 0 Å². The molecule has 0 aliphatic heterocycles. The van der Waals surface area contributed by atoms with Crippen molar-refractivity contribution in [2.24, 2.45) is 11.8 Å². The first-order valence-corrected chi connectivity index (χ1v) is 4.08. The van der Waals surface area contributed by atoms with Crippen LogP contribution >= 0.6 is 0 Å². The van der Waals surface area contributed by atoms with Crippen LogP contribution in [0.5, 0.6) is 0 Å². The summed E-state index contributed by atoms with van der Waals surface area (Å²) in [5.74, 6) is 6.68. The monoisotopic (exact) mass is 167 g/mol. The third kappa shape index (κ3) is 1.17. The molecule has 0 spiro atoms. The van der Waals surface area contributed by atoms with Crippen LogP contribution < -0.4 is 17.0 Å². The lowest BCUT2D eigenvalue weighted by molar-refractivity contribution is 0.498. The van der Waals surface area contributed by atoms with E-state index in [1.807, 2.05) is 0 Å². The van der Waals surface area contributed by atoms with Crippen molar-refractivity contribution in [1.82, 2.24) is 15.6 Å². The number of nitrogens with zero attached hydrogens (tertiary/aromatic N) is 1. The van der Waals surface area contributed by atoms with E-state index in [1.54, 1.807) is 6.20 Å². The molecule has 0 amide bonds. The highest BCUT2D eigenvalue weighted by atomic mass is 15.2. The van der Waals surface area contributed by atoms with E-state index in [2.05, 4.69) is 15.6 Å². The molecule has 0 saturated heterocycles. The molecule has 1 fully saturated rings. The number of rotatable bonds is 3. The van der Waals surface area contributed by atoms with Gasteiger partial charge in [0.1, 0.15) is 5.82 Å². The Bertz CT molecular complexity index is 265. The van der Waals surface area contributed by atoms with Crippen molar-refractivity contribution >= 4 is 5.82 Å². The predicted octanol–water partition coefficient (Wildman–Crippen LogP) is -0.0937. The number of nitrogens with one attached hydrogen (secondary N) is 2. The van der Waals surface area contributed by atoms with Crippen LogP contribution in [0.3, 0.4) is 0 Å². The van der Waals surface area contributed by atoms with Crippen molar-refractivity contribution in [2.75, 3.05) is 5.73 Å². The maximum absolute atomic E-state index is 5.67. The summed E-state index contributed by atoms with van der Waals surface area (Å²) < 4.78 is 0. The normalized spacial score (nSPS) is 19.4. The highest BCUT2D eigenvalue weighted by Crippen LogP contribution is 2.41. The smallest absolute Gasteiger partial charge is 0.123 e. The van der Waals surface area contributed by atoms with Gasteiger partial charge in [0.15, 0.2) is 0 Å². The van der Waals surface area contributed by atoms with Crippen molar-refractivity contribution in [3.05, 3.63) is 11.8 Å². The van der Waals surface area contributed by atoms with Gasteiger partial charge in [0.05, 0.1) is 12.2 Å². The molecule has 66 valence electrons. The molecule has 1 heterocycles. The Morgan fingerprint density at radius 1 is 1.67 bits per heavy atom. The van der Waals surface area contributed by atoms with E-state index < -0.39 is 0 Å². The predicted molar refractivity (Wildman–Crippen MR) is 45.8 cm³/mol. The Morgan fingerprint density at radius 3 is 2.83 bits per heavy atom. The number of hydrazine groups is 1. The third-order valence-corrected chi connectivity index (χ3v) is 2.31. The first-order valence-electron chi connectivity index (χ1n) is 4.08. The van der Waals surface area contributed by atoms with Gasteiger partial charge in [-0.2, -0.15) is 5.10 Å². The summed E-state index contributed by atoms with van der Waals surface area (Å²) in [6.07, 6.45) is 4.18. The lowest BCUT2D eigenvalue weighted by Gasteiger charge is -2.13. The Balaban J connectivity index is 2.20. The number of nitrogens with two attached hydrogens (primary N) is 2. The fourth-order valence-corrected chi connectivity index (χ4v) is 1.46. The van der Waals surface area contributed by atoms with Gasteiger partial charge < -0.3 is 5.73 Å². The van der Waals surface area contributed by atoms with Crippen LogP contribution in [-0.2, 0) is 0 Å². The van der Waals surface area contributed by atoms with Crippen molar-refractivity contribution in [2.45, 2.75) is 18.9 Å². The van der Waals surface area contributed by atoms with Crippen molar-refractivity contribution in [1.29, 1.82) is 0 Å². The Labute approximate surface area is 70.5 Å². The minimum Gasteiger partial charge on any atom is -0.384 e. The number of aromatic nitrogens is 2. The molecule has 1 aliphatic rings. The Morgan fingerprint density at radius 2 is 2.42 bits per heavy atom. The molecule has 1 unspecified atom stereocenters. The molecule has 6 N–H and O–H groups in total. The number of H-pyrrole nitrogens is 1. The molecule has 5 heteroatoms. The van der Waals surface area contributed by atoms with Crippen LogP contribution in [0.1, 0.15) is 24.4 Å². The van der Waals surface area contributed by atoms with Crippen molar-refractivity contribution in [3.8, 4) is 0 Å². The second-order valence-electron chi connectivity index (χ2n) is 3.22. The Kier molecular flexibility index (Phi) is 1.74. The van der Waals surface area contributed by atoms with Gasteiger partial charge in [0, 0.05) is 5.56 Å². The first kappa shape index (κ1) is 7.57. The van der Waals surface area contributed by atoms with Crippen molar-refractivity contribution < 1.29 is 0 Å². The molecule has 0 radical (unpaired) electrons. The number of hydrogen-bond acceptors (Lipinski definition) is 4. The number of anilines is 1. The van der Waals surface area contributed by atoms with Crippen LogP contribution in [0.2, 0.25) is 0 Å². The average Bonchev–Trinajstić information content (AvgIpc) is 2.80. The van der Waals surface area contributed by atoms with E-state index in [4.69, 9.17) is 11.6 Å². The number of aromatic amines is 1. The van der Waals surface area contributed by atoms with Crippen molar-refractivity contribution in [3.63, 3.8) is 0 Å². The summed E-state index contributed by atoms with van der Waals surface area (Å²) in [5, 5.41) is 6.55. The fraction of sp³-hybridized carbons (Fsp3) is 0.571. The van der Waals surface area contributed by atoms with Gasteiger partial charge in [-0.05, 0) is 18.8 Å².